The molecule has 0 saturated carbocycles. The average Bonchev–Trinajstić information content (AvgIpc) is 2.86. The largest absolute Gasteiger partial charge is 0.507 e. The number of hydrogen-bond donors (Lipinski definition) is 2. The van der Waals surface area contributed by atoms with Crippen LogP contribution in [0.2, 0.25) is 0 Å². The van der Waals surface area contributed by atoms with Gasteiger partial charge in [0.05, 0.1) is 5.56 Å². The van der Waals surface area contributed by atoms with Crippen LogP contribution in [0.1, 0.15) is 36.0 Å². The number of aromatic hydroxyl groups is 1. The molecule has 1 saturated heterocycles. The number of nitrogens with two attached hydrogens (primary N) is 1. The number of phenols is 1. The van der Waals surface area contributed by atoms with Crippen LogP contribution in [0.4, 0.5) is 4.39 Å². The number of nitrogens with zero attached hydrogens (tertiary/aromatic N) is 1. The molecule has 2 rings (SSSR count). The zero-order valence-corrected chi connectivity index (χ0v) is 10.8. The summed E-state index contributed by atoms with van der Waals surface area (Å²) in [6.45, 7) is 1.26. The molecule has 1 aliphatic heterocycles. The Labute approximate surface area is 112 Å². The minimum absolute atomic E-state index is 0.0413. The number of carbonyl (C=O) groups is 1. The highest BCUT2D eigenvalue weighted by molar-refractivity contribution is 5.97. The molecule has 1 unspecified atom stereocenters. The monoisotopic (exact) mass is 266 g/mol. The van der Waals surface area contributed by atoms with Crippen molar-refractivity contribution in [1.82, 2.24) is 4.90 Å². The lowest BCUT2D eigenvalue weighted by atomic mass is 10.1. The van der Waals surface area contributed by atoms with Crippen LogP contribution in [-0.4, -0.2) is 35.0 Å². The van der Waals surface area contributed by atoms with Crippen molar-refractivity contribution in [3.63, 3.8) is 0 Å². The first kappa shape index (κ1) is 13.8. The smallest absolute Gasteiger partial charge is 0.257 e. The third-order valence-corrected chi connectivity index (χ3v) is 3.57. The highest BCUT2D eigenvalue weighted by Crippen LogP contribution is 2.27. The van der Waals surface area contributed by atoms with Crippen molar-refractivity contribution in [2.45, 2.75) is 31.7 Å². The van der Waals surface area contributed by atoms with Gasteiger partial charge in [0.15, 0.2) is 0 Å². The van der Waals surface area contributed by atoms with Crippen LogP contribution in [0.25, 0.3) is 0 Å². The normalized spacial score (nSPS) is 18.8. The molecule has 0 aliphatic carbocycles. The summed E-state index contributed by atoms with van der Waals surface area (Å²) >= 11 is 0. The van der Waals surface area contributed by atoms with E-state index in [1.165, 1.54) is 6.07 Å². The number of halogens is 1. The van der Waals surface area contributed by atoms with Gasteiger partial charge in [0.2, 0.25) is 0 Å². The molecule has 1 aliphatic rings. The summed E-state index contributed by atoms with van der Waals surface area (Å²) in [6.07, 6.45) is 3.61. The Morgan fingerprint density at radius 3 is 3.05 bits per heavy atom. The second-order valence-corrected chi connectivity index (χ2v) is 4.89. The van der Waals surface area contributed by atoms with E-state index in [0.717, 1.165) is 37.8 Å². The van der Waals surface area contributed by atoms with Crippen molar-refractivity contribution in [3.8, 4) is 5.75 Å². The molecule has 1 atom stereocenters. The maximum Gasteiger partial charge on any atom is 0.257 e. The van der Waals surface area contributed by atoms with Crippen molar-refractivity contribution < 1.29 is 14.3 Å². The minimum Gasteiger partial charge on any atom is -0.507 e. The van der Waals surface area contributed by atoms with Crippen LogP contribution in [0.5, 0.6) is 5.75 Å². The quantitative estimate of drug-likeness (QED) is 0.874. The molecule has 4 nitrogen and oxygen atoms in total. The molecule has 0 radical (unpaired) electrons. The number of rotatable bonds is 4. The van der Waals surface area contributed by atoms with E-state index < -0.39 is 5.82 Å². The van der Waals surface area contributed by atoms with Crippen molar-refractivity contribution in [1.29, 1.82) is 0 Å². The molecule has 0 bridgehead atoms. The maximum atomic E-state index is 13.2. The van der Waals surface area contributed by atoms with Gasteiger partial charge in [-0.05, 0) is 50.4 Å². The molecule has 19 heavy (non-hydrogen) atoms. The maximum absolute atomic E-state index is 13.2. The molecule has 1 aromatic carbocycles. The van der Waals surface area contributed by atoms with Gasteiger partial charge < -0.3 is 15.7 Å². The highest BCUT2D eigenvalue weighted by atomic mass is 19.1. The fourth-order valence-electron chi connectivity index (χ4n) is 2.59. The lowest BCUT2D eigenvalue weighted by molar-refractivity contribution is 0.0726. The molecule has 104 valence electrons. The molecule has 1 heterocycles. The Kier molecular flexibility index (Phi) is 4.37. The number of phenolic OH excluding ortho intramolecular Hbond substituents is 1. The van der Waals surface area contributed by atoms with Crippen LogP contribution in [-0.2, 0) is 0 Å². The van der Waals surface area contributed by atoms with Crippen LogP contribution in [0, 0.1) is 5.82 Å². The zero-order valence-electron chi connectivity index (χ0n) is 10.8. The summed E-state index contributed by atoms with van der Waals surface area (Å²) in [6, 6.07) is 3.60. The van der Waals surface area contributed by atoms with Crippen molar-refractivity contribution in [3.05, 3.63) is 29.6 Å². The van der Waals surface area contributed by atoms with E-state index in [4.69, 9.17) is 5.73 Å². The molecule has 1 fully saturated rings. The molecule has 0 spiro atoms. The first-order valence-electron chi connectivity index (χ1n) is 6.63. The van der Waals surface area contributed by atoms with Crippen molar-refractivity contribution >= 4 is 5.91 Å². The van der Waals surface area contributed by atoms with Gasteiger partial charge in [-0.15, -0.1) is 0 Å². The second-order valence-electron chi connectivity index (χ2n) is 4.89. The van der Waals surface area contributed by atoms with Crippen LogP contribution in [0.3, 0.4) is 0 Å². The Bertz CT molecular complexity index is 465. The molecule has 1 aromatic rings. The standard InChI is InChI=1S/C14H19FN2O2/c15-10-5-6-13(18)12(9-10)14(19)17-8-2-4-11(17)3-1-7-16/h5-6,9,11,18H,1-4,7-8,16H2. The Hall–Kier alpha value is -1.62. The Balaban J connectivity index is 2.16. The SMILES string of the molecule is NCCCC1CCCN1C(=O)c1cc(F)ccc1O. The lowest BCUT2D eigenvalue weighted by Gasteiger charge is -2.25. The topological polar surface area (TPSA) is 66.6 Å². The Morgan fingerprint density at radius 2 is 2.32 bits per heavy atom. The summed E-state index contributed by atoms with van der Waals surface area (Å²) in [5.41, 5.74) is 5.53. The van der Waals surface area contributed by atoms with E-state index >= 15 is 0 Å². The van der Waals surface area contributed by atoms with E-state index in [-0.39, 0.29) is 23.3 Å². The van der Waals surface area contributed by atoms with Crippen molar-refractivity contribution in [2.75, 3.05) is 13.1 Å². The molecule has 3 N–H and O–H groups in total. The van der Waals surface area contributed by atoms with Gasteiger partial charge >= 0.3 is 0 Å². The molecule has 0 aromatic heterocycles. The third-order valence-electron chi connectivity index (χ3n) is 3.57. The summed E-state index contributed by atoms with van der Waals surface area (Å²) < 4.78 is 13.2. The zero-order chi connectivity index (χ0) is 13.8. The Morgan fingerprint density at radius 1 is 1.53 bits per heavy atom. The number of likely N-dealkylation sites (tertiary alicyclic amines) is 1. The number of carbonyl (C=O) groups excluding carboxylic acids is 1. The molecule has 1 amide bonds. The predicted molar refractivity (Wildman–Crippen MR) is 70.4 cm³/mol. The van der Waals surface area contributed by atoms with Gasteiger partial charge in [0, 0.05) is 12.6 Å². The predicted octanol–water partition coefficient (Wildman–Crippen LogP) is 1.87. The van der Waals surface area contributed by atoms with Gasteiger partial charge in [-0.3, -0.25) is 4.79 Å². The van der Waals surface area contributed by atoms with Crippen LogP contribution < -0.4 is 5.73 Å². The number of amides is 1. The molecular weight excluding hydrogens is 247 g/mol. The van der Waals surface area contributed by atoms with E-state index in [0.29, 0.717) is 13.1 Å². The van der Waals surface area contributed by atoms with Gasteiger partial charge in [-0.2, -0.15) is 0 Å². The van der Waals surface area contributed by atoms with E-state index in [2.05, 4.69) is 0 Å². The van der Waals surface area contributed by atoms with E-state index in [9.17, 15) is 14.3 Å². The average molecular weight is 266 g/mol. The van der Waals surface area contributed by atoms with E-state index in [1.54, 1.807) is 4.90 Å². The highest BCUT2D eigenvalue weighted by Gasteiger charge is 2.30. The molecular formula is C14H19FN2O2. The lowest BCUT2D eigenvalue weighted by Crippen LogP contribution is -2.35. The number of hydrogen-bond acceptors (Lipinski definition) is 3. The van der Waals surface area contributed by atoms with Gasteiger partial charge in [-0.25, -0.2) is 4.39 Å². The molecule has 5 heteroatoms. The summed E-state index contributed by atoms with van der Waals surface area (Å²) in [4.78, 5) is 14.1. The summed E-state index contributed by atoms with van der Waals surface area (Å²) in [7, 11) is 0. The minimum atomic E-state index is -0.515. The first-order valence-corrected chi connectivity index (χ1v) is 6.63. The van der Waals surface area contributed by atoms with E-state index in [1.807, 2.05) is 0 Å². The second kappa shape index (κ2) is 6.02. The number of benzene rings is 1. The third kappa shape index (κ3) is 3.04. The summed E-state index contributed by atoms with van der Waals surface area (Å²) in [5, 5.41) is 9.69. The van der Waals surface area contributed by atoms with Gasteiger partial charge in [0.25, 0.3) is 5.91 Å². The first-order chi connectivity index (χ1) is 9.13. The van der Waals surface area contributed by atoms with Crippen molar-refractivity contribution in [2.24, 2.45) is 5.73 Å². The van der Waals surface area contributed by atoms with Crippen LogP contribution in [0.15, 0.2) is 18.2 Å². The van der Waals surface area contributed by atoms with Gasteiger partial charge in [0.1, 0.15) is 11.6 Å². The van der Waals surface area contributed by atoms with Gasteiger partial charge in [-0.1, -0.05) is 0 Å². The fourth-order valence-corrected chi connectivity index (χ4v) is 2.59. The van der Waals surface area contributed by atoms with Crippen LogP contribution >= 0.6 is 0 Å². The summed E-state index contributed by atoms with van der Waals surface area (Å²) in [5.74, 6) is -0.980. The fraction of sp³-hybridized carbons (Fsp3) is 0.500.